The third kappa shape index (κ3) is 4.05. The Morgan fingerprint density at radius 3 is 2.46 bits per heavy atom. The van der Waals surface area contributed by atoms with Crippen LogP contribution in [0, 0.1) is 5.82 Å². The Hall–Kier alpha value is -4.39. The molecule has 2 N–H and O–H groups in total. The van der Waals surface area contributed by atoms with Gasteiger partial charge in [0.1, 0.15) is 17.3 Å². The summed E-state index contributed by atoms with van der Waals surface area (Å²) in [5.74, 6) is -1.63. The standard InChI is InChI=1S/C28H23FN2O4/c1-35-21-12-8-17(9-13-21)25-24(26(32)18-6-10-20(29)11-7-18)27(33)28(34)31(25)15-14-19-16-30-23-5-3-2-4-22(19)23/h2-13,16,25,30,32H,14-15H2,1H3/b26-24-. The van der Waals surface area contributed by atoms with Crippen molar-refractivity contribution in [3.63, 3.8) is 0 Å². The molecule has 1 fully saturated rings. The van der Waals surface area contributed by atoms with Crippen LogP contribution in [0.25, 0.3) is 16.7 Å². The minimum atomic E-state index is -0.795. The average molecular weight is 471 g/mol. The summed E-state index contributed by atoms with van der Waals surface area (Å²) in [5, 5.41) is 12.1. The van der Waals surface area contributed by atoms with Crippen LogP contribution in [0.4, 0.5) is 4.39 Å². The van der Waals surface area contributed by atoms with Gasteiger partial charge in [0.25, 0.3) is 11.7 Å². The van der Waals surface area contributed by atoms with Crippen LogP contribution >= 0.6 is 0 Å². The highest BCUT2D eigenvalue weighted by atomic mass is 19.1. The molecule has 4 aromatic rings. The number of H-pyrrole nitrogens is 1. The summed E-state index contributed by atoms with van der Waals surface area (Å²) in [6.45, 7) is 0.267. The Morgan fingerprint density at radius 2 is 1.74 bits per heavy atom. The van der Waals surface area contributed by atoms with Crippen LogP contribution in [0.1, 0.15) is 22.7 Å². The van der Waals surface area contributed by atoms with E-state index in [4.69, 9.17) is 4.74 Å². The van der Waals surface area contributed by atoms with E-state index in [-0.39, 0.29) is 23.4 Å². The first-order valence-electron chi connectivity index (χ1n) is 11.2. The number of methoxy groups -OCH3 is 1. The lowest BCUT2D eigenvalue weighted by molar-refractivity contribution is -0.139. The van der Waals surface area contributed by atoms with Crippen molar-refractivity contribution in [2.45, 2.75) is 12.5 Å². The number of carbonyl (C=O) groups is 2. The number of hydrogen-bond donors (Lipinski definition) is 2. The Labute approximate surface area is 201 Å². The number of aliphatic hydroxyl groups excluding tert-OH is 1. The summed E-state index contributed by atoms with van der Waals surface area (Å²) in [6, 6.07) is 19.3. The normalized spacial score (nSPS) is 17.3. The molecule has 1 atom stereocenters. The Bertz CT molecular complexity index is 1440. The van der Waals surface area contributed by atoms with Crippen molar-refractivity contribution in [3.8, 4) is 5.75 Å². The van der Waals surface area contributed by atoms with Gasteiger partial charge >= 0.3 is 0 Å². The van der Waals surface area contributed by atoms with E-state index >= 15 is 0 Å². The lowest BCUT2D eigenvalue weighted by Crippen LogP contribution is -2.31. The van der Waals surface area contributed by atoms with Gasteiger partial charge in [0, 0.05) is 29.2 Å². The van der Waals surface area contributed by atoms with E-state index in [1.54, 1.807) is 31.4 Å². The molecule has 1 aliphatic heterocycles. The zero-order valence-electron chi connectivity index (χ0n) is 19.0. The molecule has 7 heteroatoms. The van der Waals surface area contributed by atoms with Gasteiger partial charge in [-0.1, -0.05) is 30.3 Å². The molecule has 1 aliphatic rings. The summed E-state index contributed by atoms with van der Waals surface area (Å²) >= 11 is 0. The molecule has 176 valence electrons. The van der Waals surface area contributed by atoms with Crippen LogP contribution in [0.15, 0.2) is 84.6 Å². The minimum Gasteiger partial charge on any atom is -0.507 e. The fraction of sp³-hybridized carbons (Fsp3) is 0.143. The number of rotatable bonds is 6. The molecule has 6 nitrogen and oxygen atoms in total. The SMILES string of the molecule is COc1ccc(C2/C(=C(/O)c3ccc(F)cc3)C(=O)C(=O)N2CCc2c[nH]c3ccccc23)cc1. The number of nitrogens with zero attached hydrogens (tertiary/aromatic N) is 1. The van der Waals surface area contributed by atoms with Crippen LogP contribution < -0.4 is 4.74 Å². The summed E-state index contributed by atoms with van der Waals surface area (Å²) in [7, 11) is 1.55. The number of benzene rings is 3. The maximum absolute atomic E-state index is 13.4. The van der Waals surface area contributed by atoms with Crippen molar-refractivity contribution in [2.24, 2.45) is 0 Å². The zero-order chi connectivity index (χ0) is 24.5. The van der Waals surface area contributed by atoms with Gasteiger partial charge in [-0.2, -0.15) is 0 Å². The minimum absolute atomic E-state index is 0.0225. The number of Topliss-reactive ketones (excluding diaryl/α,β-unsaturated/α-hetero) is 1. The topological polar surface area (TPSA) is 82.6 Å². The predicted octanol–water partition coefficient (Wildman–Crippen LogP) is 4.98. The number of nitrogens with one attached hydrogen (secondary N) is 1. The first-order chi connectivity index (χ1) is 17.0. The van der Waals surface area contributed by atoms with E-state index in [0.29, 0.717) is 17.7 Å². The molecule has 1 aromatic heterocycles. The van der Waals surface area contributed by atoms with Gasteiger partial charge in [0.2, 0.25) is 0 Å². The van der Waals surface area contributed by atoms with Crippen molar-refractivity contribution in [1.29, 1.82) is 0 Å². The van der Waals surface area contributed by atoms with Gasteiger partial charge < -0.3 is 19.7 Å². The second-order valence-electron chi connectivity index (χ2n) is 8.38. The van der Waals surface area contributed by atoms with E-state index in [1.807, 2.05) is 30.5 Å². The van der Waals surface area contributed by atoms with E-state index in [2.05, 4.69) is 4.98 Å². The molecule has 0 bridgehead atoms. The van der Waals surface area contributed by atoms with Crippen LogP contribution in [0.3, 0.4) is 0 Å². The molecule has 2 heterocycles. The molecule has 5 rings (SSSR count). The van der Waals surface area contributed by atoms with Gasteiger partial charge in [0.05, 0.1) is 18.7 Å². The number of fused-ring (bicyclic) bond motifs is 1. The van der Waals surface area contributed by atoms with E-state index in [9.17, 15) is 19.1 Å². The lowest BCUT2D eigenvalue weighted by atomic mass is 9.95. The number of hydrogen-bond acceptors (Lipinski definition) is 4. The molecule has 1 amide bonds. The molecule has 3 aromatic carbocycles. The molecule has 1 unspecified atom stereocenters. The highest BCUT2D eigenvalue weighted by Crippen LogP contribution is 2.40. The van der Waals surface area contributed by atoms with Gasteiger partial charge in [0.15, 0.2) is 0 Å². The number of aliphatic hydroxyl groups is 1. The lowest BCUT2D eigenvalue weighted by Gasteiger charge is -2.25. The molecule has 1 saturated heterocycles. The summed E-state index contributed by atoms with van der Waals surface area (Å²) < 4.78 is 18.7. The van der Waals surface area contributed by atoms with Gasteiger partial charge in [-0.3, -0.25) is 9.59 Å². The number of ether oxygens (including phenoxy) is 1. The van der Waals surface area contributed by atoms with Crippen LogP contribution in [0.5, 0.6) is 5.75 Å². The highest BCUT2D eigenvalue weighted by molar-refractivity contribution is 6.46. The number of aromatic amines is 1. The molecular formula is C28H23FN2O4. The molecule has 0 saturated carbocycles. The summed E-state index contributed by atoms with van der Waals surface area (Å²) in [5.41, 5.74) is 2.92. The van der Waals surface area contributed by atoms with E-state index in [1.165, 1.54) is 29.2 Å². The average Bonchev–Trinajstić information content (AvgIpc) is 3.41. The van der Waals surface area contributed by atoms with Crippen LogP contribution in [0.2, 0.25) is 0 Å². The molecule has 0 spiro atoms. The first-order valence-corrected chi connectivity index (χ1v) is 11.2. The van der Waals surface area contributed by atoms with Crippen LogP contribution in [-0.4, -0.2) is 40.3 Å². The van der Waals surface area contributed by atoms with Gasteiger partial charge in [-0.25, -0.2) is 4.39 Å². The Balaban J connectivity index is 1.56. The summed E-state index contributed by atoms with van der Waals surface area (Å²) in [4.78, 5) is 31.1. The first kappa shape index (κ1) is 22.4. The third-order valence-electron chi connectivity index (χ3n) is 6.39. The fourth-order valence-electron chi connectivity index (χ4n) is 4.59. The predicted molar refractivity (Wildman–Crippen MR) is 130 cm³/mol. The number of amides is 1. The molecule has 0 aliphatic carbocycles. The van der Waals surface area contributed by atoms with E-state index in [0.717, 1.165) is 16.5 Å². The van der Waals surface area contributed by atoms with Crippen LogP contribution in [-0.2, 0) is 16.0 Å². The van der Waals surface area contributed by atoms with Crippen molar-refractivity contribution >= 4 is 28.4 Å². The fourth-order valence-corrected chi connectivity index (χ4v) is 4.59. The highest BCUT2D eigenvalue weighted by Gasteiger charge is 2.45. The quantitative estimate of drug-likeness (QED) is 0.237. The van der Waals surface area contributed by atoms with Crippen molar-refractivity contribution < 1.29 is 23.8 Å². The monoisotopic (exact) mass is 470 g/mol. The van der Waals surface area contributed by atoms with Gasteiger partial charge in [-0.15, -0.1) is 0 Å². The maximum atomic E-state index is 13.4. The van der Waals surface area contributed by atoms with E-state index < -0.39 is 23.5 Å². The summed E-state index contributed by atoms with van der Waals surface area (Å²) in [6.07, 6.45) is 2.42. The number of likely N-dealkylation sites (tertiary alicyclic amines) is 1. The Kier molecular flexibility index (Phi) is 5.82. The van der Waals surface area contributed by atoms with Crippen molar-refractivity contribution in [2.75, 3.05) is 13.7 Å². The van der Waals surface area contributed by atoms with Gasteiger partial charge in [-0.05, 0) is 60.0 Å². The molecule has 0 radical (unpaired) electrons. The second kappa shape index (κ2) is 9.10. The number of carbonyl (C=O) groups excluding carboxylic acids is 2. The number of para-hydroxylation sites is 1. The zero-order valence-corrected chi connectivity index (χ0v) is 19.0. The maximum Gasteiger partial charge on any atom is 0.295 e. The Morgan fingerprint density at radius 1 is 1.03 bits per heavy atom. The second-order valence-corrected chi connectivity index (χ2v) is 8.38. The van der Waals surface area contributed by atoms with Crippen molar-refractivity contribution in [1.82, 2.24) is 9.88 Å². The molecule has 35 heavy (non-hydrogen) atoms. The van der Waals surface area contributed by atoms with Crippen molar-refractivity contribution in [3.05, 3.63) is 107 Å². The number of aromatic nitrogens is 1. The largest absolute Gasteiger partial charge is 0.507 e. The number of ketones is 1. The smallest absolute Gasteiger partial charge is 0.295 e. The third-order valence-corrected chi connectivity index (χ3v) is 6.39. The molecular weight excluding hydrogens is 447 g/mol. The number of halogens is 1.